The van der Waals surface area contributed by atoms with Crippen LogP contribution < -0.4 is 0 Å². The third kappa shape index (κ3) is 3.23. The van der Waals surface area contributed by atoms with Gasteiger partial charge in [-0.05, 0) is 39.3 Å². The van der Waals surface area contributed by atoms with Gasteiger partial charge in [-0.2, -0.15) is 5.10 Å². The lowest BCUT2D eigenvalue weighted by molar-refractivity contribution is -0.142. The highest BCUT2D eigenvalue weighted by Crippen LogP contribution is 2.19. The Balaban J connectivity index is 0.00000162. The van der Waals surface area contributed by atoms with Gasteiger partial charge in [0.05, 0.1) is 5.69 Å². The normalized spacial score (nSPS) is 20.1. The van der Waals surface area contributed by atoms with Crippen molar-refractivity contribution in [3.05, 3.63) is 18.0 Å². The zero-order valence-corrected chi connectivity index (χ0v) is 11.6. The van der Waals surface area contributed by atoms with Gasteiger partial charge < -0.3 is 5.11 Å². The van der Waals surface area contributed by atoms with Crippen LogP contribution in [0.15, 0.2) is 12.3 Å². The third-order valence-corrected chi connectivity index (χ3v) is 3.21. The van der Waals surface area contributed by atoms with Crippen molar-refractivity contribution < 1.29 is 9.90 Å². The van der Waals surface area contributed by atoms with Crippen molar-refractivity contribution in [2.45, 2.75) is 45.3 Å². The highest BCUT2D eigenvalue weighted by atomic mass is 35.5. The van der Waals surface area contributed by atoms with Gasteiger partial charge in [0.2, 0.25) is 0 Å². The van der Waals surface area contributed by atoms with E-state index < -0.39 is 5.97 Å². The molecule has 2 rings (SSSR count). The Morgan fingerprint density at radius 3 is 2.89 bits per heavy atom. The lowest BCUT2D eigenvalue weighted by Crippen LogP contribution is -2.35. The number of carboxylic acid groups (broad SMARTS) is 1. The Labute approximate surface area is 113 Å². The summed E-state index contributed by atoms with van der Waals surface area (Å²) in [5.41, 5.74) is 0.951. The maximum absolute atomic E-state index is 11.0. The molecular weight excluding hydrogens is 254 g/mol. The molecule has 0 aliphatic carbocycles. The van der Waals surface area contributed by atoms with Crippen molar-refractivity contribution in [3.63, 3.8) is 0 Å². The van der Waals surface area contributed by atoms with Crippen LogP contribution in [0.5, 0.6) is 0 Å². The molecular formula is C12H20ClN3O2. The maximum Gasteiger partial charge on any atom is 0.320 e. The average Bonchev–Trinajstić information content (AvgIpc) is 2.86. The number of likely N-dealkylation sites (tertiary alicyclic amines) is 1. The first-order valence-electron chi connectivity index (χ1n) is 6.09. The van der Waals surface area contributed by atoms with E-state index in [2.05, 4.69) is 18.9 Å². The van der Waals surface area contributed by atoms with E-state index in [1.165, 1.54) is 0 Å². The van der Waals surface area contributed by atoms with Crippen LogP contribution in [0, 0.1) is 0 Å². The van der Waals surface area contributed by atoms with E-state index in [9.17, 15) is 4.79 Å². The Bertz CT molecular complexity index is 406. The molecule has 0 aromatic carbocycles. The molecule has 6 heteroatoms. The number of aliphatic carboxylic acids is 1. The highest BCUT2D eigenvalue weighted by Gasteiger charge is 2.30. The van der Waals surface area contributed by atoms with Gasteiger partial charge in [0.25, 0.3) is 0 Å². The number of carboxylic acids is 1. The van der Waals surface area contributed by atoms with Crippen LogP contribution in [-0.2, 0) is 11.3 Å². The molecule has 0 radical (unpaired) electrons. The van der Waals surface area contributed by atoms with E-state index in [-0.39, 0.29) is 18.4 Å². The van der Waals surface area contributed by atoms with Crippen LogP contribution in [-0.4, -0.2) is 38.3 Å². The smallest absolute Gasteiger partial charge is 0.320 e. The van der Waals surface area contributed by atoms with E-state index in [0.717, 1.165) is 25.1 Å². The molecule has 0 bridgehead atoms. The van der Waals surface area contributed by atoms with E-state index in [4.69, 9.17) is 5.11 Å². The number of carbonyl (C=O) groups is 1. The Kier molecular flexibility index (Phi) is 5.16. The molecule has 1 fully saturated rings. The molecule has 2 heterocycles. The Morgan fingerprint density at radius 1 is 1.61 bits per heavy atom. The van der Waals surface area contributed by atoms with Crippen LogP contribution in [0.25, 0.3) is 0 Å². The lowest BCUT2D eigenvalue weighted by Gasteiger charge is -2.19. The van der Waals surface area contributed by atoms with Crippen LogP contribution in [0.3, 0.4) is 0 Å². The molecule has 1 N–H and O–H groups in total. The molecule has 5 nitrogen and oxygen atoms in total. The minimum atomic E-state index is -0.717. The van der Waals surface area contributed by atoms with Gasteiger partial charge in [0.1, 0.15) is 6.04 Å². The number of rotatable bonds is 4. The highest BCUT2D eigenvalue weighted by molar-refractivity contribution is 5.85. The van der Waals surface area contributed by atoms with Crippen LogP contribution in [0.2, 0.25) is 0 Å². The fraction of sp³-hybridized carbons (Fsp3) is 0.667. The second kappa shape index (κ2) is 6.20. The maximum atomic E-state index is 11.0. The zero-order chi connectivity index (χ0) is 12.4. The summed E-state index contributed by atoms with van der Waals surface area (Å²) in [5, 5.41) is 13.5. The molecule has 18 heavy (non-hydrogen) atoms. The van der Waals surface area contributed by atoms with Crippen molar-refractivity contribution in [1.82, 2.24) is 14.7 Å². The molecule has 1 aliphatic heterocycles. The number of aromatic nitrogens is 2. The number of nitrogens with zero attached hydrogens (tertiary/aromatic N) is 3. The minimum Gasteiger partial charge on any atom is -0.480 e. The predicted octanol–water partition coefficient (Wildman–Crippen LogP) is 1.93. The molecule has 1 aromatic rings. The summed E-state index contributed by atoms with van der Waals surface area (Å²) in [6, 6.07) is 1.98. The molecule has 0 amide bonds. The predicted molar refractivity (Wildman–Crippen MR) is 70.9 cm³/mol. The van der Waals surface area contributed by atoms with Crippen molar-refractivity contribution in [2.75, 3.05) is 6.54 Å². The van der Waals surface area contributed by atoms with E-state index in [1.54, 1.807) is 0 Å². The number of halogens is 1. The van der Waals surface area contributed by atoms with Gasteiger partial charge in [-0.15, -0.1) is 12.4 Å². The fourth-order valence-electron chi connectivity index (χ4n) is 2.25. The SMILES string of the molecule is CC(C)n1ccc(CN2CCC[C@H]2C(=O)O)n1.Cl. The van der Waals surface area contributed by atoms with Gasteiger partial charge in [0.15, 0.2) is 0 Å². The molecule has 1 atom stereocenters. The number of hydrogen-bond acceptors (Lipinski definition) is 3. The second-order valence-corrected chi connectivity index (χ2v) is 4.85. The summed E-state index contributed by atoms with van der Waals surface area (Å²) in [5.74, 6) is -0.717. The summed E-state index contributed by atoms with van der Waals surface area (Å²) < 4.78 is 1.90. The third-order valence-electron chi connectivity index (χ3n) is 3.21. The van der Waals surface area contributed by atoms with Gasteiger partial charge in [0, 0.05) is 18.8 Å². The first-order valence-corrected chi connectivity index (χ1v) is 6.09. The number of hydrogen-bond donors (Lipinski definition) is 1. The molecule has 102 valence electrons. The molecule has 0 spiro atoms. The Morgan fingerprint density at radius 2 is 2.33 bits per heavy atom. The van der Waals surface area contributed by atoms with Crippen molar-refractivity contribution in [1.29, 1.82) is 0 Å². The first-order chi connectivity index (χ1) is 8.08. The summed E-state index contributed by atoms with van der Waals surface area (Å²) in [6.45, 7) is 5.64. The van der Waals surface area contributed by atoms with Crippen LogP contribution >= 0.6 is 12.4 Å². The molecule has 0 saturated carbocycles. The van der Waals surface area contributed by atoms with E-state index in [1.807, 2.05) is 21.8 Å². The topological polar surface area (TPSA) is 58.4 Å². The summed E-state index contributed by atoms with van der Waals surface area (Å²) in [6.07, 6.45) is 3.66. The van der Waals surface area contributed by atoms with Gasteiger partial charge in [-0.1, -0.05) is 0 Å². The second-order valence-electron chi connectivity index (χ2n) is 4.85. The lowest BCUT2D eigenvalue weighted by atomic mass is 10.2. The Hall–Kier alpha value is -1.07. The summed E-state index contributed by atoms with van der Waals surface area (Å²) in [4.78, 5) is 13.0. The van der Waals surface area contributed by atoms with Gasteiger partial charge in [-0.25, -0.2) is 0 Å². The van der Waals surface area contributed by atoms with Gasteiger partial charge >= 0.3 is 5.97 Å². The van der Waals surface area contributed by atoms with E-state index >= 15 is 0 Å². The average molecular weight is 274 g/mol. The summed E-state index contributed by atoms with van der Waals surface area (Å²) >= 11 is 0. The minimum absolute atomic E-state index is 0. The molecule has 0 unspecified atom stereocenters. The summed E-state index contributed by atoms with van der Waals surface area (Å²) in [7, 11) is 0. The first kappa shape index (κ1) is 15.0. The molecule has 1 aliphatic rings. The quantitative estimate of drug-likeness (QED) is 0.911. The van der Waals surface area contributed by atoms with Crippen molar-refractivity contribution >= 4 is 18.4 Å². The molecule has 1 aromatic heterocycles. The van der Waals surface area contributed by atoms with Crippen molar-refractivity contribution in [2.24, 2.45) is 0 Å². The van der Waals surface area contributed by atoms with Crippen LogP contribution in [0.4, 0.5) is 0 Å². The van der Waals surface area contributed by atoms with Crippen molar-refractivity contribution in [3.8, 4) is 0 Å². The fourth-order valence-corrected chi connectivity index (χ4v) is 2.25. The molecule has 1 saturated heterocycles. The standard InChI is InChI=1S/C12H19N3O2.ClH/c1-9(2)15-7-5-10(13-15)8-14-6-3-4-11(14)12(16)17;/h5,7,9,11H,3-4,6,8H2,1-2H3,(H,16,17);1H/t11-;/m0./s1. The van der Waals surface area contributed by atoms with Gasteiger partial charge in [-0.3, -0.25) is 14.4 Å². The zero-order valence-electron chi connectivity index (χ0n) is 10.7. The van der Waals surface area contributed by atoms with E-state index in [0.29, 0.717) is 12.6 Å². The van der Waals surface area contributed by atoms with Crippen LogP contribution in [0.1, 0.15) is 38.4 Å². The largest absolute Gasteiger partial charge is 0.480 e. The monoisotopic (exact) mass is 273 g/mol.